The average Bonchev–Trinajstić information content (AvgIpc) is 2.45. The highest BCUT2D eigenvalue weighted by Gasteiger charge is 2.29. The molecule has 3 nitrogen and oxygen atoms in total. The van der Waals surface area contributed by atoms with E-state index in [1.807, 2.05) is 0 Å². The van der Waals surface area contributed by atoms with Gasteiger partial charge in [-0.2, -0.15) is 0 Å². The summed E-state index contributed by atoms with van der Waals surface area (Å²) in [5, 5.41) is 14.0. The second-order valence-corrected chi connectivity index (χ2v) is 6.98. The van der Waals surface area contributed by atoms with Crippen molar-refractivity contribution in [3.8, 4) is 0 Å². The molecule has 1 aromatic rings. The second kappa shape index (κ2) is 7.53. The number of aliphatic hydroxyl groups excluding tert-OH is 1. The number of nitrogens with zero attached hydrogens (tertiary/aromatic N) is 1. The van der Waals surface area contributed by atoms with Crippen LogP contribution in [0.1, 0.15) is 45.3 Å². The van der Waals surface area contributed by atoms with E-state index in [1.165, 1.54) is 12.1 Å². The van der Waals surface area contributed by atoms with Crippen LogP contribution < -0.4 is 5.32 Å². The van der Waals surface area contributed by atoms with Crippen LogP contribution in [0.3, 0.4) is 0 Å². The molecular formula is C18H29FN2O. The van der Waals surface area contributed by atoms with Gasteiger partial charge in [-0.15, -0.1) is 0 Å². The van der Waals surface area contributed by atoms with Crippen LogP contribution in [-0.2, 0) is 0 Å². The van der Waals surface area contributed by atoms with E-state index in [1.54, 1.807) is 12.1 Å². The molecule has 5 unspecified atom stereocenters. The molecule has 1 aliphatic rings. The van der Waals surface area contributed by atoms with Gasteiger partial charge >= 0.3 is 0 Å². The number of aliphatic hydroxyl groups is 1. The SMILES string of the molecule is CC(CC(O)c1ccc(F)cc1)NC1CC(C)N(C)CC1C. The van der Waals surface area contributed by atoms with Gasteiger partial charge in [-0.25, -0.2) is 4.39 Å². The number of halogens is 1. The quantitative estimate of drug-likeness (QED) is 0.878. The molecule has 0 bridgehead atoms. The first-order chi connectivity index (χ1) is 10.4. The Morgan fingerprint density at radius 3 is 2.59 bits per heavy atom. The van der Waals surface area contributed by atoms with E-state index in [4.69, 9.17) is 0 Å². The Morgan fingerprint density at radius 2 is 1.95 bits per heavy atom. The lowest BCUT2D eigenvalue weighted by molar-refractivity contribution is 0.104. The molecule has 22 heavy (non-hydrogen) atoms. The first kappa shape index (κ1) is 17.4. The molecule has 2 rings (SSSR count). The Hall–Kier alpha value is -0.970. The third kappa shape index (κ3) is 4.51. The van der Waals surface area contributed by atoms with Gasteiger partial charge < -0.3 is 15.3 Å². The van der Waals surface area contributed by atoms with Gasteiger partial charge in [0.2, 0.25) is 0 Å². The van der Waals surface area contributed by atoms with Crippen LogP contribution in [-0.4, -0.2) is 41.7 Å². The lowest BCUT2D eigenvalue weighted by atomic mass is 9.89. The molecule has 1 fully saturated rings. The molecule has 0 aliphatic carbocycles. The molecule has 1 aromatic carbocycles. The minimum atomic E-state index is -0.554. The highest BCUT2D eigenvalue weighted by Crippen LogP contribution is 2.23. The van der Waals surface area contributed by atoms with E-state index in [-0.39, 0.29) is 11.9 Å². The molecule has 0 amide bonds. The van der Waals surface area contributed by atoms with Gasteiger partial charge in [0.05, 0.1) is 6.10 Å². The van der Waals surface area contributed by atoms with Crippen molar-refractivity contribution in [2.24, 2.45) is 5.92 Å². The molecule has 2 N–H and O–H groups in total. The Morgan fingerprint density at radius 1 is 1.32 bits per heavy atom. The van der Waals surface area contributed by atoms with Gasteiger partial charge in [-0.3, -0.25) is 0 Å². The third-order valence-electron chi connectivity index (χ3n) is 4.94. The van der Waals surface area contributed by atoms with Crippen LogP contribution in [0.4, 0.5) is 4.39 Å². The summed E-state index contributed by atoms with van der Waals surface area (Å²) >= 11 is 0. The molecular weight excluding hydrogens is 279 g/mol. The van der Waals surface area contributed by atoms with E-state index in [0.717, 1.165) is 18.5 Å². The Labute approximate surface area is 133 Å². The zero-order valence-corrected chi connectivity index (χ0v) is 14.1. The summed E-state index contributed by atoms with van der Waals surface area (Å²) in [5.41, 5.74) is 0.778. The number of benzene rings is 1. The minimum absolute atomic E-state index is 0.225. The molecule has 0 spiro atoms. The normalized spacial score (nSPS) is 29.3. The van der Waals surface area contributed by atoms with Crippen molar-refractivity contribution in [1.29, 1.82) is 0 Å². The van der Waals surface area contributed by atoms with Crippen LogP contribution in [0.5, 0.6) is 0 Å². The molecule has 1 aliphatic heterocycles. The van der Waals surface area contributed by atoms with Crippen LogP contribution >= 0.6 is 0 Å². The third-order valence-corrected chi connectivity index (χ3v) is 4.94. The van der Waals surface area contributed by atoms with Crippen LogP contribution in [0.15, 0.2) is 24.3 Å². The Balaban J connectivity index is 1.86. The summed E-state index contributed by atoms with van der Waals surface area (Å²) in [6, 6.07) is 7.42. The van der Waals surface area contributed by atoms with Gasteiger partial charge in [-0.05, 0) is 57.4 Å². The van der Waals surface area contributed by atoms with E-state index in [9.17, 15) is 9.50 Å². The van der Waals surface area contributed by atoms with Crippen molar-refractivity contribution in [1.82, 2.24) is 10.2 Å². The lowest BCUT2D eigenvalue weighted by Crippen LogP contribution is -2.52. The number of nitrogens with one attached hydrogen (secondary N) is 1. The highest BCUT2D eigenvalue weighted by molar-refractivity contribution is 5.18. The molecule has 0 radical (unpaired) electrons. The summed E-state index contributed by atoms with van der Waals surface area (Å²) in [7, 11) is 2.18. The maximum atomic E-state index is 12.9. The zero-order valence-electron chi connectivity index (χ0n) is 14.1. The lowest BCUT2D eigenvalue weighted by Gasteiger charge is -2.41. The van der Waals surface area contributed by atoms with Crippen LogP contribution in [0.2, 0.25) is 0 Å². The fourth-order valence-electron chi connectivity index (χ4n) is 3.36. The molecule has 0 aromatic heterocycles. The van der Waals surface area contributed by atoms with Crippen molar-refractivity contribution in [2.45, 2.75) is 57.8 Å². The Bertz CT molecular complexity index is 465. The smallest absolute Gasteiger partial charge is 0.123 e. The van der Waals surface area contributed by atoms with Crippen molar-refractivity contribution >= 4 is 0 Å². The molecule has 1 saturated heterocycles. The van der Waals surface area contributed by atoms with Crippen LogP contribution in [0.25, 0.3) is 0 Å². The predicted molar refractivity (Wildman–Crippen MR) is 88.2 cm³/mol. The summed E-state index contributed by atoms with van der Waals surface area (Å²) in [5.74, 6) is 0.336. The standard InChI is InChI=1S/C18H29FN2O/c1-12-11-21(4)14(3)10-17(12)20-13(2)9-18(22)15-5-7-16(19)8-6-15/h5-8,12-14,17-18,20,22H,9-11H2,1-4H3. The predicted octanol–water partition coefficient (Wildman–Crippen LogP) is 2.96. The monoisotopic (exact) mass is 308 g/mol. The van der Waals surface area contributed by atoms with Crippen LogP contribution in [0, 0.1) is 11.7 Å². The van der Waals surface area contributed by atoms with Crippen molar-refractivity contribution in [2.75, 3.05) is 13.6 Å². The topological polar surface area (TPSA) is 35.5 Å². The largest absolute Gasteiger partial charge is 0.388 e. The molecule has 0 saturated carbocycles. The summed E-state index contributed by atoms with van der Waals surface area (Å²) < 4.78 is 12.9. The fraction of sp³-hybridized carbons (Fsp3) is 0.667. The van der Waals surface area contributed by atoms with Crippen molar-refractivity contribution in [3.05, 3.63) is 35.6 Å². The Kier molecular flexibility index (Phi) is 5.95. The fourth-order valence-corrected chi connectivity index (χ4v) is 3.36. The maximum Gasteiger partial charge on any atom is 0.123 e. The second-order valence-electron chi connectivity index (χ2n) is 6.98. The highest BCUT2D eigenvalue weighted by atomic mass is 19.1. The number of rotatable bonds is 5. The first-order valence-corrected chi connectivity index (χ1v) is 8.26. The molecule has 4 heteroatoms. The molecule has 124 valence electrons. The summed E-state index contributed by atoms with van der Waals surface area (Å²) in [6.45, 7) is 7.76. The number of hydrogen-bond acceptors (Lipinski definition) is 3. The summed E-state index contributed by atoms with van der Waals surface area (Å²) in [4.78, 5) is 2.40. The minimum Gasteiger partial charge on any atom is -0.388 e. The zero-order chi connectivity index (χ0) is 16.3. The van der Waals surface area contributed by atoms with Gasteiger partial charge in [0.1, 0.15) is 5.82 Å². The van der Waals surface area contributed by atoms with Gasteiger partial charge in [-0.1, -0.05) is 19.1 Å². The molecule has 1 heterocycles. The van der Waals surface area contributed by atoms with Crippen molar-refractivity contribution < 1.29 is 9.50 Å². The van der Waals surface area contributed by atoms with Crippen molar-refractivity contribution in [3.63, 3.8) is 0 Å². The number of likely N-dealkylation sites (tertiary alicyclic amines) is 1. The van der Waals surface area contributed by atoms with E-state index < -0.39 is 6.10 Å². The van der Waals surface area contributed by atoms with Gasteiger partial charge in [0, 0.05) is 24.7 Å². The van der Waals surface area contributed by atoms with E-state index in [2.05, 4.69) is 38.0 Å². The maximum absolute atomic E-state index is 12.9. The van der Waals surface area contributed by atoms with E-state index in [0.29, 0.717) is 24.4 Å². The number of piperidine rings is 1. The van der Waals surface area contributed by atoms with Gasteiger partial charge in [0.15, 0.2) is 0 Å². The van der Waals surface area contributed by atoms with E-state index >= 15 is 0 Å². The first-order valence-electron chi connectivity index (χ1n) is 8.26. The van der Waals surface area contributed by atoms with Gasteiger partial charge in [0.25, 0.3) is 0 Å². The number of hydrogen-bond donors (Lipinski definition) is 2. The molecule has 5 atom stereocenters. The summed E-state index contributed by atoms with van der Waals surface area (Å²) in [6.07, 6.45) is 1.22. The average molecular weight is 308 g/mol.